The Kier molecular flexibility index (Phi) is 6.96. The lowest BCUT2D eigenvalue weighted by atomic mass is 9.96. The monoisotopic (exact) mass is 452 g/mol. The van der Waals surface area contributed by atoms with Crippen LogP contribution in [0.25, 0.3) is 5.78 Å². The van der Waals surface area contributed by atoms with Crippen LogP contribution in [0.2, 0.25) is 0 Å². The lowest BCUT2D eigenvalue weighted by molar-refractivity contribution is -0.125. The number of fused-ring (bicyclic) bond motifs is 1. The number of anilines is 1. The Balaban J connectivity index is 1.42. The molecule has 1 saturated heterocycles. The molecule has 1 aromatic carbocycles. The first-order valence-electron chi connectivity index (χ1n) is 11.5. The average Bonchev–Trinajstić information content (AvgIpc) is 3.30. The molecule has 0 bridgehead atoms. The quantitative estimate of drug-likeness (QED) is 0.561. The molecule has 1 atom stereocenters. The summed E-state index contributed by atoms with van der Waals surface area (Å²) in [5, 5.41) is 7.53. The van der Waals surface area contributed by atoms with Crippen molar-refractivity contribution in [2.75, 3.05) is 38.8 Å². The molecule has 9 heteroatoms. The standard InChI is InChI=1S/C24H32N6O3/c1-5-19-16(2)28-24-26-15-27-30(24)23(19)29-12-6-7-18(14-29)22(31)25-11-10-17-8-9-20(32-3)21(13-17)33-4/h8-9,13,15,18H,5-7,10-12,14H2,1-4H3,(H,25,31)/t18-/m1/s1. The molecule has 33 heavy (non-hydrogen) atoms. The molecule has 2 aromatic heterocycles. The average molecular weight is 453 g/mol. The zero-order valence-corrected chi connectivity index (χ0v) is 19.8. The SMILES string of the molecule is CCc1c(C)nc2ncnn2c1N1CCC[C@@H](C(=O)NCCc2ccc(OC)c(OC)c2)C1. The van der Waals surface area contributed by atoms with Gasteiger partial charge in [-0.3, -0.25) is 4.79 Å². The van der Waals surface area contributed by atoms with Gasteiger partial charge in [-0.05, 0) is 50.3 Å². The molecule has 0 unspecified atom stereocenters. The molecule has 1 aliphatic heterocycles. The van der Waals surface area contributed by atoms with Gasteiger partial charge in [0.1, 0.15) is 12.1 Å². The van der Waals surface area contributed by atoms with Crippen molar-refractivity contribution in [3.63, 3.8) is 0 Å². The van der Waals surface area contributed by atoms with Gasteiger partial charge in [0, 0.05) is 30.9 Å². The highest BCUT2D eigenvalue weighted by Crippen LogP contribution is 2.29. The van der Waals surface area contributed by atoms with Gasteiger partial charge in [0.15, 0.2) is 11.5 Å². The maximum absolute atomic E-state index is 13.0. The van der Waals surface area contributed by atoms with Crippen LogP contribution in [0.5, 0.6) is 11.5 Å². The Labute approximate surface area is 194 Å². The fourth-order valence-corrected chi connectivity index (χ4v) is 4.60. The lowest BCUT2D eigenvalue weighted by Gasteiger charge is -2.35. The van der Waals surface area contributed by atoms with Gasteiger partial charge < -0.3 is 19.7 Å². The third-order valence-corrected chi connectivity index (χ3v) is 6.31. The van der Waals surface area contributed by atoms with Gasteiger partial charge in [-0.25, -0.2) is 4.98 Å². The van der Waals surface area contributed by atoms with Crippen LogP contribution in [0.1, 0.15) is 36.6 Å². The molecule has 1 fully saturated rings. The number of benzene rings is 1. The summed E-state index contributed by atoms with van der Waals surface area (Å²) < 4.78 is 12.5. The number of aromatic nitrogens is 4. The molecule has 3 aromatic rings. The van der Waals surface area contributed by atoms with Crippen LogP contribution >= 0.6 is 0 Å². The Morgan fingerprint density at radius 3 is 2.82 bits per heavy atom. The molecular formula is C24H32N6O3. The summed E-state index contributed by atoms with van der Waals surface area (Å²) in [6, 6.07) is 5.84. The number of nitrogens with one attached hydrogen (secondary N) is 1. The second-order valence-electron chi connectivity index (χ2n) is 8.34. The smallest absolute Gasteiger partial charge is 0.254 e. The number of nitrogens with zero attached hydrogens (tertiary/aromatic N) is 5. The van der Waals surface area contributed by atoms with Crippen LogP contribution < -0.4 is 19.7 Å². The first kappa shape index (κ1) is 22.8. The molecule has 3 heterocycles. The van der Waals surface area contributed by atoms with E-state index in [0.29, 0.717) is 30.4 Å². The molecule has 4 rings (SSSR count). The van der Waals surface area contributed by atoms with Crippen LogP contribution in [0.4, 0.5) is 5.82 Å². The number of amides is 1. The van der Waals surface area contributed by atoms with Gasteiger partial charge in [0.05, 0.1) is 20.1 Å². The number of ether oxygens (including phenoxy) is 2. The van der Waals surface area contributed by atoms with Crippen LogP contribution in [0.15, 0.2) is 24.5 Å². The van der Waals surface area contributed by atoms with E-state index >= 15 is 0 Å². The summed E-state index contributed by atoms with van der Waals surface area (Å²) in [5.41, 5.74) is 3.21. The van der Waals surface area contributed by atoms with Crippen molar-refractivity contribution in [3.05, 3.63) is 41.3 Å². The van der Waals surface area contributed by atoms with E-state index in [1.807, 2.05) is 29.6 Å². The van der Waals surface area contributed by atoms with Gasteiger partial charge >= 0.3 is 0 Å². The van der Waals surface area contributed by atoms with Crippen molar-refractivity contribution in [1.82, 2.24) is 24.9 Å². The summed E-state index contributed by atoms with van der Waals surface area (Å²) in [5.74, 6) is 3.04. The number of carbonyl (C=O) groups is 1. The van der Waals surface area contributed by atoms with E-state index in [-0.39, 0.29) is 11.8 Å². The minimum Gasteiger partial charge on any atom is -0.493 e. The zero-order valence-electron chi connectivity index (χ0n) is 19.8. The van der Waals surface area contributed by atoms with Crippen molar-refractivity contribution >= 4 is 17.5 Å². The largest absolute Gasteiger partial charge is 0.493 e. The zero-order chi connectivity index (χ0) is 23.4. The van der Waals surface area contributed by atoms with Crippen molar-refractivity contribution in [3.8, 4) is 11.5 Å². The van der Waals surface area contributed by atoms with Crippen molar-refractivity contribution in [1.29, 1.82) is 0 Å². The molecule has 9 nitrogen and oxygen atoms in total. The van der Waals surface area contributed by atoms with Crippen LogP contribution in [0, 0.1) is 12.8 Å². The van der Waals surface area contributed by atoms with Gasteiger partial charge in [-0.2, -0.15) is 14.6 Å². The number of piperidine rings is 1. The summed E-state index contributed by atoms with van der Waals surface area (Å²) in [7, 11) is 3.25. The Hall–Kier alpha value is -3.36. The predicted molar refractivity (Wildman–Crippen MR) is 126 cm³/mol. The molecule has 1 N–H and O–H groups in total. The number of hydrogen-bond acceptors (Lipinski definition) is 7. The number of carbonyl (C=O) groups excluding carboxylic acids is 1. The number of methoxy groups -OCH3 is 2. The van der Waals surface area contributed by atoms with E-state index in [9.17, 15) is 4.79 Å². The van der Waals surface area contributed by atoms with E-state index in [4.69, 9.17) is 9.47 Å². The highest BCUT2D eigenvalue weighted by atomic mass is 16.5. The molecule has 1 amide bonds. The third-order valence-electron chi connectivity index (χ3n) is 6.31. The number of hydrogen-bond donors (Lipinski definition) is 1. The van der Waals surface area contributed by atoms with E-state index < -0.39 is 0 Å². The molecule has 0 saturated carbocycles. The van der Waals surface area contributed by atoms with Crippen LogP contribution in [-0.2, 0) is 17.6 Å². The summed E-state index contributed by atoms with van der Waals surface area (Å²) in [6.07, 6.45) is 4.94. The topological polar surface area (TPSA) is 93.9 Å². The van der Waals surface area contributed by atoms with Gasteiger partial charge in [0.25, 0.3) is 5.78 Å². The van der Waals surface area contributed by atoms with Crippen molar-refractivity contribution in [2.24, 2.45) is 5.92 Å². The molecule has 0 radical (unpaired) electrons. The molecule has 0 spiro atoms. The van der Waals surface area contributed by atoms with Crippen molar-refractivity contribution in [2.45, 2.75) is 39.5 Å². The Morgan fingerprint density at radius 1 is 1.24 bits per heavy atom. The second-order valence-corrected chi connectivity index (χ2v) is 8.34. The molecular weight excluding hydrogens is 420 g/mol. The highest BCUT2D eigenvalue weighted by Gasteiger charge is 2.29. The van der Waals surface area contributed by atoms with Crippen LogP contribution in [-0.4, -0.2) is 59.3 Å². The minimum absolute atomic E-state index is 0.0686. The van der Waals surface area contributed by atoms with Crippen LogP contribution in [0.3, 0.4) is 0 Å². The number of rotatable bonds is 8. The normalized spacial score (nSPS) is 16.1. The summed E-state index contributed by atoms with van der Waals surface area (Å²) >= 11 is 0. The molecule has 0 aliphatic carbocycles. The third kappa shape index (κ3) is 4.72. The second kappa shape index (κ2) is 10.1. The summed E-state index contributed by atoms with van der Waals surface area (Å²) in [4.78, 5) is 24.1. The van der Waals surface area contributed by atoms with E-state index in [1.54, 1.807) is 14.2 Å². The van der Waals surface area contributed by atoms with E-state index in [0.717, 1.165) is 54.9 Å². The highest BCUT2D eigenvalue weighted by molar-refractivity contribution is 5.79. The minimum atomic E-state index is -0.0686. The predicted octanol–water partition coefficient (Wildman–Crippen LogP) is 2.59. The first-order chi connectivity index (χ1) is 16.0. The Morgan fingerprint density at radius 2 is 2.06 bits per heavy atom. The van der Waals surface area contributed by atoms with Gasteiger partial charge in [0.2, 0.25) is 5.91 Å². The fraction of sp³-hybridized carbons (Fsp3) is 0.500. The first-order valence-corrected chi connectivity index (χ1v) is 11.5. The van der Waals surface area contributed by atoms with E-state index in [1.165, 1.54) is 6.33 Å². The van der Waals surface area contributed by atoms with Crippen molar-refractivity contribution < 1.29 is 14.3 Å². The Bertz CT molecular complexity index is 1130. The molecule has 1 aliphatic rings. The van der Waals surface area contributed by atoms with Gasteiger partial charge in [-0.1, -0.05) is 13.0 Å². The van der Waals surface area contributed by atoms with E-state index in [2.05, 4.69) is 32.2 Å². The molecule has 176 valence electrons. The lowest BCUT2D eigenvalue weighted by Crippen LogP contribution is -2.44. The fourth-order valence-electron chi connectivity index (χ4n) is 4.60. The number of aryl methyl sites for hydroxylation is 1. The van der Waals surface area contributed by atoms with Gasteiger partial charge in [-0.15, -0.1) is 0 Å². The maximum atomic E-state index is 13.0. The maximum Gasteiger partial charge on any atom is 0.254 e. The summed E-state index contributed by atoms with van der Waals surface area (Å²) in [6.45, 7) is 6.26.